The van der Waals surface area contributed by atoms with Crippen LogP contribution in [-0.2, 0) is 0 Å². The minimum atomic E-state index is 0.575. The number of benzene rings is 1. The molecule has 1 aromatic carbocycles. The van der Waals surface area contributed by atoms with Crippen LogP contribution in [0.15, 0.2) is 47.5 Å². The van der Waals surface area contributed by atoms with E-state index in [1.165, 1.54) is 0 Å². The van der Waals surface area contributed by atoms with E-state index in [1.807, 2.05) is 42.5 Å². The monoisotopic (exact) mass is 299 g/mol. The van der Waals surface area contributed by atoms with Crippen molar-refractivity contribution in [1.82, 2.24) is 4.98 Å². The molecule has 0 fully saturated rings. The predicted octanol–water partition coefficient (Wildman–Crippen LogP) is 4.45. The second-order valence-corrected chi connectivity index (χ2v) is 4.49. The molecule has 0 unspecified atom stereocenters. The molecule has 4 nitrogen and oxygen atoms in total. The summed E-state index contributed by atoms with van der Waals surface area (Å²) in [5.41, 5.74) is 0.752. The molecule has 2 aromatic rings. The minimum Gasteiger partial charge on any atom is -0.439 e. The maximum atomic E-state index is 5.77. The standard InChI is InChI=1S/C16H17N3OS/c1-3-19(4-2)15-6-5-7-16(18-15)20-14-10-8-13(9-11-14)17-12-21/h5-11H,3-4H2,1-2H3. The summed E-state index contributed by atoms with van der Waals surface area (Å²) in [6.45, 7) is 6.04. The van der Waals surface area contributed by atoms with Crippen molar-refractivity contribution in [2.75, 3.05) is 18.0 Å². The molecule has 1 heterocycles. The summed E-state index contributed by atoms with van der Waals surface area (Å²) in [6.07, 6.45) is 0. The van der Waals surface area contributed by atoms with Crippen LogP contribution in [0.3, 0.4) is 0 Å². The van der Waals surface area contributed by atoms with Crippen LogP contribution in [0.25, 0.3) is 0 Å². The van der Waals surface area contributed by atoms with Crippen LogP contribution in [0.4, 0.5) is 11.5 Å². The third-order valence-corrected chi connectivity index (χ3v) is 3.12. The van der Waals surface area contributed by atoms with Gasteiger partial charge in [0.1, 0.15) is 11.6 Å². The first-order chi connectivity index (χ1) is 10.3. The van der Waals surface area contributed by atoms with E-state index in [9.17, 15) is 0 Å². The molecule has 1 aromatic heterocycles. The van der Waals surface area contributed by atoms with Crippen molar-refractivity contribution in [3.05, 3.63) is 42.5 Å². The largest absolute Gasteiger partial charge is 0.439 e. The molecule has 0 amide bonds. The van der Waals surface area contributed by atoms with E-state index in [0.29, 0.717) is 11.6 Å². The first-order valence-corrected chi connectivity index (χ1v) is 7.25. The highest BCUT2D eigenvalue weighted by atomic mass is 32.1. The predicted molar refractivity (Wildman–Crippen MR) is 89.0 cm³/mol. The van der Waals surface area contributed by atoms with Crippen molar-refractivity contribution >= 4 is 28.9 Å². The SMILES string of the molecule is CCN(CC)c1cccc(Oc2ccc(N=C=S)cc2)n1. The molecule has 5 heteroatoms. The number of aliphatic imine (C=N–C) groups is 1. The van der Waals surface area contributed by atoms with Gasteiger partial charge in [-0.15, -0.1) is 0 Å². The third-order valence-electron chi connectivity index (χ3n) is 3.03. The molecule has 0 saturated heterocycles. The van der Waals surface area contributed by atoms with Gasteiger partial charge in [0.25, 0.3) is 0 Å². The van der Waals surface area contributed by atoms with Gasteiger partial charge in [-0.2, -0.15) is 9.98 Å². The Kier molecular flexibility index (Phi) is 5.43. The fourth-order valence-electron chi connectivity index (χ4n) is 1.95. The van der Waals surface area contributed by atoms with E-state index in [-0.39, 0.29) is 0 Å². The number of anilines is 1. The maximum Gasteiger partial charge on any atom is 0.221 e. The Labute approximate surface area is 130 Å². The topological polar surface area (TPSA) is 37.7 Å². The van der Waals surface area contributed by atoms with Crippen molar-refractivity contribution in [2.45, 2.75) is 13.8 Å². The molecule has 0 atom stereocenters. The molecule has 0 N–H and O–H groups in total. The van der Waals surface area contributed by atoms with Gasteiger partial charge >= 0.3 is 0 Å². The molecule has 0 aliphatic rings. The van der Waals surface area contributed by atoms with Gasteiger partial charge in [-0.1, -0.05) is 6.07 Å². The summed E-state index contributed by atoms with van der Waals surface area (Å²) < 4.78 is 5.77. The average molecular weight is 299 g/mol. The van der Waals surface area contributed by atoms with E-state index in [4.69, 9.17) is 4.74 Å². The Morgan fingerprint density at radius 3 is 2.48 bits per heavy atom. The van der Waals surface area contributed by atoms with Crippen molar-refractivity contribution in [3.63, 3.8) is 0 Å². The quantitative estimate of drug-likeness (QED) is 0.583. The maximum absolute atomic E-state index is 5.77. The Hall–Kier alpha value is -2.23. The summed E-state index contributed by atoms with van der Waals surface area (Å²) in [6, 6.07) is 13.1. The highest BCUT2D eigenvalue weighted by molar-refractivity contribution is 7.78. The van der Waals surface area contributed by atoms with Crippen LogP contribution < -0.4 is 9.64 Å². The van der Waals surface area contributed by atoms with Crippen LogP contribution in [0.1, 0.15) is 13.8 Å². The summed E-state index contributed by atoms with van der Waals surface area (Å²) in [7, 11) is 0. The van der Waals surface area contributed by atoms with Crippen LogP contribution >= 0.6 is 12.2 Å². The lowest BCUT2D eigenvalue weighted by Crippen LogP contribution is -2.22. The fourth-order valence-corrected chi connectivity index (χ4v) is 2.05. The molecule has 0 bridgehead atoms. The van der Waals surface area contributed by atoms with Crippen molar-refractivity contribution in [2.24, 2.45) is 4.99 Å². The van der Waals surface area contributed by atoms with Crippen molar-refractivity contribution < 1.29 is 4.74 Å². The zero-order valence-corrected chi connectivity index (χ0v) is 12.9. The highest BCUT2D eigenvalue weighted by Gasteiger charge is 2.05. The second-order valence-electron chi connectivity index (χ2n) is 4.31. The van der Waals surface area contributed by atoms with Gasteiger partial charge in [0.05, 0.1) is 10.8 Å². The molecule has 0 radical (unpaired) electrons. The number of aromatic nitrogens is 1. The summed E-state index contributed by atoms with van der Waals surface area (Å²) in [5, 5.41) is 2.34. The van der Waals surface area contributed by atoms with Crippen molar-refractivity contribution in [3.8, 4) is 11.6 Å². The number of pyridine rings is 1. The first kappa shape index (κ1) is 15.2. The van der Waals surface area contributed by atoms with Crippen LogP contribution in [0.5, 0.6) is 11.6 Å². The Balaban J connectivity index is 2.15. The normalized spacial score (nSPS) is 9.81. The minimum absolute atomic E-state index is 0.575. The zero-order chi connectivity index (χ0) is 15.1. The average Bonchev–Trinajstić information content (AvgIpc) is 2.51. The Morgan fingerprint density at radius 1 is 1.14 bits per heavy atom. The molecule has 0 aliphatic carbocycles. The molecule has 2 rings (SSSR count). The molecular weight excluding hydrogens is 282 g/mol. The molecule has 0 spiro atoms. The Bertz CT molecular complexity index is 632. The van der Waals surface area contributed by atoms with Crippen LogP contribution in [-0.4, -0.2) is 23.2 Å². The number of isothiocyanates is 1. The van der Waals surface area contributed by atoms with Gasteiger partial charge in [0.15, 0.2) is 0 Å². The number of nitrogens with zero attached hydrogens (tertiary/aromatic N) is 3. The molecular formula is C16H17N3OS. The van der Waals surface area contributed by atoms with E-state index >= 15 is 0 Å². The summed E-state index contributed by atoms with van der Waals surface area (Å²) >= 11 is 4.57. The second kappa shape index (κ2) is 7.53. The van der Waals surface area contributed by atoms with Gasteiger partial charge in [-0.3, -0.25) is 0 Å². The lowest BCUT2D eigenvalue weighted by molar-refractivity contribution is 0.463. The van der Waals surface area contributed by atoms with E-state index in [2.05, 4.69) is 46.1 Å². The van der Waals surface area contributed by atoms with Gasteiger partial charge in [0, 0.05) is 19.2 Å². The van der Waals surface area contributed by atoms with E-state index in [0.717, 1.165) is 24.6 Å². The number of hydrogen-bond donors (Lipinski definition) is 0. The van der Waals surface area contributed by atoms with E-state index in [1.54, 1.807) is 0 Å². The lowest BCUT2D eigenvalue weighted by Gasteiger charge is -2.20. The number of thiocarbonyl (C=S) groups is 1. The van der Waals surface area contributed by atoms with E-state index < -0.39 is 0 Å². The first-order valence-electron chi connectivity index (χ1n) is 6.84. The van der Waals surface area contributed by atoms with Crippen LogP contribution in [0.2, 0.25) is 0 Å². The highest BCUT2D eigenvalue weighted by Crippen LogP contribution is 2.24. The number of hydrogen-bond acceptors (Lipinski definition) is 5. The molecule has 0 aliphatic heterocycles. The van der Waals surface area contributed by atoms with Crippen LogP contribution in [0, 0.1) is 0 Å². The number of ether oxygens (including phenoxy) is 1. The van der Waals surface area contributed by atoms with Crippen molar-refractivity contribution in [1.29, 1.82) is 0 Å². The third kappa shape index (κ3) is 4.12. The Morgan fingerprint density at radius 2 is 1.86 bits per heavy atom. The summed E-state index contributed by atoms with van der Waals surface area (Å²) in [5.74, 6) is 2.20. The summed E-state index contributed by atoms with van der Waals surface area (Å²) in [4.78, 5) is 10.6. The van der Waals surface area contributed by atoms with Gasteiger partial charge in [-0.05, 0) is 56.4 Å². The number of rotatable bonds is 6. The van der Waals surface area contributed by atoms with Gasteiger partial charge in [-0.25, -0.2) is 0 Å². The zero-order valence-electron chi connectivity index (χ0n) is 12.1. The molecule has 0 saturated carbocycles. The van der Waals surface area contributed by atoms with Gasteiger partial charge < -0.3 is 9.64 Å². The van der Waals surface area contributed by atoms with Gasteiger partial charge in [0.2, 0.25) is 5.88 Å². The molecule has 21 heavy (non-hydrogen) atoms. The smallest absolute Gasteiger partial charge is 0.221 e. The molecule has 108 valence electrons. The fraction of sp³-hybridized carbons (Fsp3) is 0.250. The lowest BCUT2D eigenvalue weighted by atomic mass is 10.3.